The molecule has 3 N–H and O–H groups in total. The molecule has 0 fully saturated rings. The summed E-state index contributed by atoms with van der Waals surface area (Å²) in [5.74, 6) is -2.30. The van der Waals surface area contributed by atoms with Crippen LogP contribution in [0.5, 0.6) is 0 Å². The Morgan fingerprint density at radius 3 is 0.833 bits per heavy atom. The average Bonchev–Trinajstić information content (AvgIpc) is 0.923. The Morgan fingerprint density at radius 2 is 0.500 bits per heavy atom. The number of allylic oxidation sites excluding steroid dienone is 22. The van der Waals surface area contributed by atoms with E-state index in [2.05, 4.69) is 149 Å². The summed E-state index contributed by atoms with van der Waals surface area (Å²) in [5, 5.41) is 10.7. The molecular weight excluding hydrogens is 1400 g/mol. The minimum absolute atomic E-state index is 0.0344. The van der Waals surface area contributed by atoms with Crippen molar-refractivity contribution in [1.29, 1.82) is 0 Å². The van der Waals surface area contributed by atoms with E-state index in [1.807, 2.05) is 12.2 Å². The minimum Gasteiger partial charge on any atom is -0.462 e. The number of ether oxygens (including phenoxy) is 4. The SMILES string of the molecule is CC/C=C\C/C=C\C/C=C\C/C=C\C/C=C\CCCCCC(=O)OC[C@H](COP(=O)(O)OC[C@@H](O)COP(=O)(O)OC[C@@H](COC(=O)CC/C=C\C/C=C\C/C=C\C/C=C\C/C=C\CCCCC)OC(=O)CCCCCCC/C=C\CCCCCCCC)OC(=O)CCCCCCCCCCCCCCCCC. The molecule has 620 valence electrons. The van der Waals surface area contributed by atoms with Crippen LogP contribution in [-0.2, 0) is 65.4 Å². The first-order valence-corrected chi connectivity index (χ1v) is 45.4. The van der Waals surface area contributed by atoms with Crippen molar-refractivity contribution in [3.63, 3.8) is 0 Å². The second kappa shape index (κ2) is 80.3. The van der Waals surface area contributed by atoms with E-state index < -0.39 is 97.5 Å². The van der Waals surface area contributed by atoms with Gasteiger partial charge in [0, 0.05) is 25.7 Å². The van der Waals surface area contributed by atoms with Gasteiger partial charge in [0.05, 0.1) is 26.4 Å². The Bertz CT molecular complexity index is 2560. The van der Waals surface area contributed by atoms with E-state index in [-0.39, 0.29) is 25.7 Å². The Hall–Kier alpha value is -4.80. The molecule has 0 saturated heterocycles. The smallest absolute Gasteiger partial charge is 0.462 e. The van der Waals surface area contributed by atoms with Gasteiger partial charge in [0.25, 0.3) is 0 Å². The maximum Gasteiger partial charge on any atom is 0.472 e. The summed E-state index contributed by atoms with van der Waals surface area (Å²) in [4.78, 5) is 73.2. The van der Waals surface area contributed by atoms with Crippen LogP contribution in [0, 0.1) is 0 Å². The number of hydrogen-bond acceptors (Lipinski definition) is 15. The monoisotopic (exact) mass is 1560 g/mol. The highest BCUT2D eigenvalue weighted by atomic mass is 31.2. The first-order chi connectivity index (χ1) is 52.7. The molecule has 108 heavy (non-hydrogen) atoms. The first kappa shape index (κ1) is 103. The van der Waals surface area contributed by atoms with Gasteiger partial charge in [-0.3, -0.25) is 37.3 Å². The first-order valence-electron chi connectivity index (χ1n) is 42.4. The van der Waals surface area contributed by atoms with Crippen LogP contribution >= 0.6 is 15.6 Å². The molecule has 0 saturated carbocycles. The van der Waals surface area contributed by atoms with Crippen molar-refractivity contribution in [2.24, 2.45) is 0 Å². The molecule has 19 heteroatoms. The highest BCUT2D eigenvalue weighted by Crippen LogP contribution is 2.45. The predicted molar refractivity (Wildman–Crippen MR) is 445 cm³/mol. The van der Waals surface area contributed by atoms with E-state index in [1.165, 1.54) is 122 Å². The largest absolute Gasteiger partial charge is 0.472 e. The molecule has 0 aromatic carbocycles. The van der Waals surface area contributed by atoms with Crippen LogP contribution in [0.4, 0.5) is 0 Å². The molecule has 2 unspecified atom stereocenters. The van der Waals surface area contributed by atoms with Gasteiger partial charge in [-0.1, -0.05) is 322 Å². The van der Waals surface area contributed by atoms with E-state index in [1.54, 1.807) is 0 Å². The van der Waals surface area contributed by atoms with E-state index in [0.717, 1.165) is 141 Å². The average molecular weight is 1560 g/mol. The normalized spacial score (nSPS) is 14.5. The number of phosphoric acid groups is 2. The van der Waals surface area contributed by atoms with Gasteiger partial charge in [0.2, 0.25) is 0 Å². The van der Waals surface area contributed by atoms with Crippen LogP contribution in [0.2, 0.25) is 0 Å². The van der Waals surface area contributed by atoms with Crippen molar-refractivity contribution in [2.75, 3.05) is 39.6 Å². The van der Waals surface area contributed by atoms with Gasteiger partial charge in [0.1, 0.15) is 19.3 Å². The van der Waals surface area contributed by atoms with Crippen LogP contribution in [0.25, 0.3) is 0 Å². The number of rotatable bonds is 79. The number of unbranched alkanes of at least 4 members (excludes halogenated alkanes) is 31. The molecule has 0 aliphatic heterocycles. The van der Waals surface area contributed by atoms with E-state index in [9.17, 15) is 43.2 Å². The molecule has 0 aromatic heterocycles. The lowest BCUT2D eigenvalue weighted by Gasteiger charge is -2.21. The van der Waals surface area contributed by atoms with Gasteiger partial charge >= 0.3 is 39.5 Å². The molecule has 17 nitrogen and oxygen atoms in total. The van der Waals surface area contributed by atoms with E-state index >= 15 is 0 Å². The third-order valence-corrected chi connectivity index (χ3v) is 19.5. The standard InChI is InChI=1S/C89H152O17P2/c1-5-9-13-17-21-25-29-33-37-39-41-43-47-49-53-57-61-65-69-73-86(91)99-79-84(105-88(93)75-71-67-63-59-55-51-45-35-31-27-23-19-15-11-7-3)81-103-107(95,96)101-77-83(90)78-102-108(97,98)104-82-85(106-89(94)76-72-68-64-60-56-52-46-36-32-28-24-20-16-12-8-4)80-100-87(92)74-70-66-62-58-54-50-48-44-42-40-38-34-30-26-22-18-14-10-6-2/h9,13,21-22,25-26,33-34,36-38,41-44,46,49-50,53-54,62,66,83-85,90H,5-8,10-12,14-20,23-24,27-32,35,39-40,45,47-48,51-52,55-61,63-65,67-82H2,1-4H3,(H,95,96)(H,97,98)/b13-9-,25-21-,26-22-,37-33-,38-34-,43-41-,44-42-,46-36-,53-49-,54-50-,66-62-/t83-,84-,85-/m1/s1. The maximum absolute atomic E-state index is 13.1. The number of hydrogen-bond donors (Lipinski definition) is 3. The Labute approximate surface area is 656 Å². The van der Waals surface area contributed by atoms with Crippen LogP contribution < -0.4 is 0 Å². The fraction of sp³-hybridized carbons (Fsp3) is 0.708. The lowest BCUT2D eigenvalue weighted by atomic mass is 10.0. The van der Waals surface area contributed by atoms with Crippen LogP contribution in [-0.4, -0.2) is 96.7 Å². The van der Waals surface area contributed by atoms with Gasteiger partial charge in [-0.2, -0.15) is 0 Å². The Kier molecular flexibility index (Phi) is 76.7. The topological polar surface area (TPSA) is 237 Å². The van der Waals surface area contributed by atoms with Crippen molar-refractivity contribution < 1.29 is 80.2 Å². The summed E-state index contributed by atoms with van der Waals surface area (Å²) in [6.07, 6.45) is 91.4. The summed E-state index contributed by atoms with van der Waals surface area (Å²) in [5.41, 5.74) is 0. The summed E-state index contributed by atoms with van der Waals surface area (Å²) in [7, 11) is -10.00. The fourth-order valence-electron chi connectivity index (χ4n) is 11.2. The summed E-state index contributed by atoms with van der Waals surface area (Å²) >= 11 is 0. The predicted octanol–water partition coefficient (Wildman–Crippen LogP) is 25.2. The lowest BCUT2D eigenvalue weighted by molar-refractivity contribution is -0.161. The zero-order chi connectivity index (χ0) is 78.9. The zero-order valence-electron chi connectivity index (χ0n) is 68.0. The molecule has 0 rings (SSSR count). The Morgan fingerprint density at radius 1 is 0.269 bits per heavy atom. The van der Waals surface area contributed by atoms with E-state index in [4.69, 9.17) is 37.0 Å². The number of carbonyl (C=O) groups is 4. The highest BCUT2D eigenvalue weighted by molar-refractivity contribution is 7.47. The number of carbonyl (C=O) groups excluding carboxylic acids is 4. The second-order valence-corrected chi connectivity index (χ2v) is 30.9. The molecule has 0 radical (unpaired) electrons. The molecular formula is C89H152O17P2. The molecule has 0 spiro atoms. The van der Waals surface area contributed by atoms with Gasteiger partial charge in [-0.05, 0) is 135 Å². The van der Waals surface area contributed by atoms with Gasteiger partial charge in [-0.15, -0.1) is 0 Å². The Balaban J connectivity index is 5.45. The lowest BCUT2D eigenvalue weighted by Crippen LogP contribution is -2.30. The van der Waals surface area contributed by atoms with Crippen LogP contribution in [0.1, 0.15) is 349 Å². The van der Waals surface area contributed by atoms with Crippen molar-refractivity contribution in [3.05, 3.63) is 134 Å². The van der Waals surface area contributed by atoms with Crippen LogP contribution in [0.15, 0.2) is 134 Å². The van der Waals surface area contributed by atoms with Gasteiger partial charge in [0.15, 0.2) is 12.2 Å². The van der Waals surface area contributed by atoms with Crippen molar-refractivity contribution in [1.82, 2.24) is 0 Å². The molecule has 0 aliphatic carbocycles. The molecule has 0 heterocycles. The number of phosphoric ester groups is 2. The number of esters is 4. The maximum atomic E-state index is 13.1. The highest BCUT2D eigenvalue weighted by Gasteiger charge is 2.30. The quantitative estimate of drug-likeness (QED) is 0.0169. The fourth-order valence-corrected chi connectivity index (χ4v) is 12.7. The van der Waals surface area contributed by atoms with Gasteiger partial charge < -0.3 is 33.8 Å². The van der Waals surface area contributed by atoms with Crippen molar-refractivity contribution in [3.8, 4) is 0 Å². The van der Waals surface area contributed by atoms with Crippen molar-refractivity contribution in [2.45, 2.75) is 367 Å². The number of aliphatic hydroxyl groups excluding tert-OH is 1. The van der Waals surface area contributed by atoms with Crippen molar-refractivity contribution >= 4 is 39.5 Å². The van der Waals surface area contributed by atoms with E-state index in [0.29, 0.717) is 32.1 Å². The second-order valence-electron chi connectivity index (χ2n) is 28.0. The third kappa shape index (κ3) is 79.3. The summed E-state index contributed by atoms with van der Waals surface area (Å²) < 4.78 is 68.7. The molecule has 0 aliphatic rings. The summed E-state index contributed by atoms with van der Waals surface area (Å²) in [6.45, 7) is 4.64. The summed E-state index contributed by atoms with van der Waals surface area (Å²) in [6, 6.07) is 0. The third-order valence-electron chi connectivity index (χ3n) is 17.6. The molecule has 0 bridgehead atoms. The minimum atomic E-state index is -5.00. The number of aliphatic hydroxyl groups is 1. The zero-order valence-corrected chi connectivity index (χ0v) is 69.8. The molecule has 0 amide bonds. The molecule has 0 aromatic rings. The molecule has 5 atom stereocenters. The van der Waals surface area contributed by atoms with Gasteiger partial charge in [-0.25, -0.2) is 9.13 Å². The van der Waals surface area contributed by atoms with Crippen LogP contribution in [0.3, 0.4) is 0 Å².